The second kappa shape index (κ2) is 23.1. The molecule has 2 amide bonds. The van der Waals surface area contributed by atoms with Crippen molar-refractivity contribution >= 4 is 36.6 Å². The molecular formula is C39H50Cl2N4O8. The Morgan fingerprint density at radius 3 is 1.15 bits per heavy atom. The summed E-state index contributed by atoms with van der Waals surface area (Å²) in [7, 11) is 9.33. The Morgan fingerprint density at radius 2 is 0.868 bits per heavy atom. The van der Waals surface area contributed by atoms with Crippen molar-refractivity contribution in [3.05, 3.63) is 59.7 Å². The minimum atomic E-state index is -0.0401. The van der Waals surface area contributed by atoms with E-state index in [0.29, 0.717) is 71.8 Å². The lowest BCUT2D eigenvalue weighted by molar-refractivity contribution is -0.128. The number of nitrogens with zero attached hydrogens (tertiary/aromatic N) is 4. The third-order valence-electron chi connectivity index (χ3n) is 8.70. The van der Waals surface area contributed by atoms with Crippen LogP contribution >= 0.6 is 24.8 Å². The van der Waals surface area contributed by atoms with Gasteiger partial charge in [-0.3, -0.25) is 19.4 Å². The summed E-state index contributed by atoms with van der Waals surface area (Å²) in [6.45, 7) is 8.06. The molecule has 0 N–H and O–H groups in total. The minimum Gasteiger partial charge on any atom is -0.493 e. The first-order chi connectivity index (χ1) is 24.8. The number of hydrogen-bond acceptors (Lipinski definition) is 10. The number of carbonyl (C=O) groups is 2. The van der Waals surface area contributed by atoms with Gasteiger partial charge in [0, 0.05) is 75.6 Å². The summed E-state index contributed by atoms with van der Waals surface area (Å²) in [4.78, 5) is 34.0. The maximum atomic E-state index is 12.7. The number of piperazine rings is 2. The maximum absolute atomic E-state index is 12.7. The lowest BCUT2D eigenvalue weighted by Crippen LogP contribution is -2.50. The molecule has 0 bridgehead atoms. The Morgan fingerprint density at radius 1 is 0.547 bits per heavy atom. The summed E-state index contributed by atoms with van der Waals surface area (Å²) in [6.07, 6.45) is 7.23. The molecule has 53 heavy (non-hydrogen) atoms. The van der Waals surface area contributed by atoms with Crippen molar-refractivity contribution in [2.45, 2.75) is 6.42 Å². The van der Waals surface area contributed by atoms with Crippen molar-refractivity contribution in [3.63, 3.8) is 0 Å². The predicted octanol–water partition coefficient (Wildman–Crippen LogP) is 3.78. The summed E-state index contributed by atoms with van der Waals surface area (Å²) >= 11 is 0. The quantitative estimate of drug-likeness (QED) is 0.234. The Kier molecular flexibility index (Phi) is 19.3. The van der Waals surface area contributed by atoms with Crippen molar-refractivity contribution in [3.8, 4) is 58.2 Å². The maximum Gasteiger partial charge on any atom is 0.247 e. The monoisotopic (exact) mass is 772 g/mol. The van der Waals surface area contributed by atoms with E-state index >= 15 is 0 Å². The highest BCUT2D eigenvalue weighted by Gasteiger charge is 2.22. The number of methoxy groups -OCH3 is 6. The number of allylic oxidation sites excluding steroid dienone is 2. The van der Waals surface area contributed by atoms with E-state index in [9.17, 15) is 9.59 Å². The molecule has 0 unspecified atom stereocenters. The second-order valence-electron chi connectivity index (χ2n) is 11.7. The molecule has 0 saturated carbocycles. The molecule has 4 rings (SSSR count). The first kappa shape index (κ1) is 44.4. The highest BCUT2D eigenvalue weighted by molar-refractivity contribution is 5.88. The number of amides is 2. The number of benzene rings is 2. The standard InChI is InChI=1S/C39H48N4O8.2ClH/c1-46-32-26-30(27-33(47-2)38(32)50-5)12-7-9-14-36(44)42-22-18-40(19-23-42)16-11-17-41-20-24-43(25-21-41)37(45)15-10-8-13-31-28-34(48-3)39(51-6)35(29-31)49-4;;/h9-10,14-15,26-29H,11,16-25H2,1-6H3;2*1H/b14-9+,15-10+;;. The summed E-state index contributed by atoms with van der Waals surface area (Å²) in [5.41, 5.74) is 1.38. The number of rotatable bonds is 12. The number of ether oxygens (including phenoxy) is 6. The van der Waals surface area contributed by atoms with Gasteiger partial charge in [0.1, 0.15) is 0 Å². The Hall–Kier alpha value is -4.72. The van der Waals surface area contributed by atoms with E-state index in [1.165, 1.54) is 12.2 Å². The number of halogens is 2. The van der Waals surface area contributed by atoms with Gasteiger partial charge in [-0.1, -0.05) is 23.7 Å². The molecule has 2 aliphatic rings. The van der Waals surface area contributed by atoms with E-state index in [1.54, 1.807) is 79.1 Å². The molecule has 0 atom stereocenters. The molecular weight excluding hydrogens is 723 g/mol. The zero-order chi connectivity index (χ0) is 36.6. The minimum absolute atomic E-state index is 0. The highest BCUT2D eigenvalue weighted by atomic mass is 35.5. The fourth-order valence-electron chi connectivity index (χ4n) is 5.89. The summed E-state index contributed by atoms with van der Waals surface area (Å²) in [5, 5.41) is 0. The Labute approximate surface area is 325 Å². The summed E-state index contributed by atoms with van der Waals surface area (Å²) < 4.78 is 32.2. The van der Waals surface area contributed by atoms with Crippen LogP contribution in [0.4, 0.5) is 0 Å². The smallest absolute Gasteiger partial charge is 0.247 e. The van der Waals surface area contributed by atoms with Crippen LogP contribution in [0.15, 0.2) is 48.6 Å². The summed E-state index contributed by atoms with van der Waals surface area (Å²) in [6, 6.07) is 7.07. The molecule has 288 valence electrons. The number of carbonyl (C=O) groups excluding carboxylic acids is 2. The van der Waals surface area contributed by atoms with Gasteiger partial charge in [-0.2, -0.15) is 0 Å². The molecule has 2 aromatic carbocycles. The van der Waals surface area contributed by atoms with Gasteiger partial charge in [0.2, 0.25) is 23.3 Å². The first-order valence-electron chi connectivity index (χ1n) is 16.8. The molecule has 2 fully saturated rings. The van der Waals surface area contributed by atoms with Gasteiger partial charge in [0.05, 0.1) is 42.7 Å². The molecule has 2 saturated heterocycles. The fourth-order valence-corrected chi connectivity index (χ4v) is 5.89. The van der Waals surface area contributed by atoms with Crippen molar-refractivity contribution in [2.75, 3.05) is 108 Å². The van der Waals surface area contributed by atoms with Crippen LogP contribution in [-0.4, -0.2) is 140 Å². The molecule has 0 aliphatic carbocycles. The fraction of sp³-hybridized carbons (Fsp3) is 0.436. The van der Waals surface area contributed by atoms with Crippen molar-refractivity contribution in [1.82, 2.24) is 19.6 Å². The Bertz CT molecular complexity index is 1520. The third kappa shape index (κ3) is 12.7. The van der Waals surface area contributed by atoms with Gasteiger partial charge >= 0.3 is 0 Å². The van der Waals surface area contributed by atoms with Crippen LogP contribution < -0.4 is 28.4 Å². The van der Waals surface area contributed by atoms with E-state index in [0.717, 1.165) is 45.7 Å². The lowest BCUT2D eigenvalue weighted by atomic mass is 10.2. The molecule has 2 aromatic rings. The molecule has 2 aliphatic heterocycles. The van der Waals surface area contributed by atoms with Crippen LogP contribution in [0.5, 0.6) is 34.5 Å². The van der Waals surface area contributed by atoms with Crippen LogP contribution in [0, 0.1) is 23.7 Å². The molecule has 0 spiro atoms. The SMILES string of the molecule is COc1cc(C#C/C=C/C(=O)N2CCN(CCCN3CCN(C(=O)/C=C/C#Cc4cc(OC)c(OC)c(OC)c4)CC3)CC2)cc(OC)c1OC.Cl.Cl. The van der Waals surface area contributed by atoms with E-state index in [2.05, 4.69) is 33.5 Å². The van der Waals surface area contributed by atoms with Gasteiger partial charge in [-0.15, -0.1) is 24.8 Å². The van der Waals surface area contributed by atoms with E-state index in [1.807, 2.05) is 9.80 Å². The molecule has 0 radical (unpaired) electrons. The van der Waals surface area contributed by atoms with E-state index in [-0.39, 0.29) is 36.6 Å². The first-order valence-corrected chi connectivity index (χ1v) is 16.8. The average Bonchev–Trinajstić information content (AvgIpc) is 3.17. The van der Waals surface area contributed by atoms with Crippen LogP contribution in [0.25, 0.3) is 0 Å². The van der Waals surface area contributed by atoms with Crippen LogP contribution in [0.2, 0.25) is 0 Å². The zero-order valence-corrected chi connectivity index (χ0v) is 32.9. The molecule has 2 heterocycles. The second-order valence-corrected chi connectivity index (χ2v) is 11.7. The largest absolute Gasteiger partial charge is 0.493 e. The van der Waals surface area contributed by atoms with Gasteiger partial charge in [0.15, 0.2) is 23.0 Å². The van der Waals surface area contributed by atoms with Gasteiger partial charge < -0.3 is 38.2 Å². The normalized spacial score (nSPS) is 14.5. The molecule has 12 nitrogen and oxygen atoms in total. The molecule has 0 aromatic heterocycles. The van der Waals surface area contributed by atoms with E-state index in [4.69, 9.17) is 28.4 Å². The Balaban J connectivity index is 0.00000486. The lowest BCUT2D eigenvalue weighted by Gasteiger charge is -2.36. The van der Waals surface area contributed by atoms with Gasteiger partial charge in [0.25, 0.3) is 0 Å². The van der Waals surface area contributed by atoms with Crippen molar-refractivity contribution in [1.29, 1.82) is 0 Å². The van der Waals surface area contributed by atoms with Crippen LogP contribution in [0.3, 0.4) is 0 Å². The van der Waals surface area contributed by atoms with Gasteiger partial charge in [-0.25, -0.2) is 0 Å². The predicted molar refractivity (Wildman–Crippen MR) is 209 cm³/mol. The average molecular weight is 774 g/mol. The number of hydrogen-bond donors (Lipinski definition) is 0. The highest BCUT2D eigenvalue weighted by Crippen LogP contribution is 2.38. The summed E-state index contributed by atoms with van der Waals surface area (Å²) in [5.74, 6) is 14.9. The van der Waals surface area contributed by atoms with Gasteiger partial charge in [-0.05, 0) is 55.9 Å². The third-order valence-corrected chi connectivity index (χ3v) is 8.70. The van der Waals surface area contributed by atoms with Crippen molar-refractivity contribution in [2.24, 2.45) is 0 Å². The van der Waals surface area contributed by atoms with Crippen molar-refractivity contribution < 1.29 is 38.0 Å². The zero-order valence-electron chi connectivity index (χ0n) is 31.3. The molecule has 14 heteroatoms. The van der Waals surface area contributed by atoms with E-state index < -0.39 is 0 Å². The van der Waals surface area contributed by atoms with Crippen LogP contribution in [0.1, 0.15) is 17.5 Å². The topological polar surface area (TPSA) is 102 Å². The van der Waals surface area contributed by atoms with Crippen LogP contribution in [-0.2, 0) is 9.59 Å².